The van der Waals surface area contributed by atoms with Crippen LogP contribution in [0.15, 0.2) is 5.11 Å². The van der Waals surface area contributed by atoms with Gasteiger partial charge in [-0.2, -0.15) is 0 Å². The van der Waals surface area contributed by atoms with Gasteiger partial charge in [0.2, 0.25) is 0 Å². The quantitative estimate of drug-likeness (QED) is 0.189. The van der Waals surface area contributed by atoms with Gasteiger partial charge in [0, 0.05) is 10.0 Å². The smallest absolute Gasteiger partial charge is 0.309 e. The lowest BCUT2D eigenvalue weighted by molar-refractivity contribution is 0.250. The van der Waals surface area contributed by atoms with Crippen LogP contribution in [0.3, 0.4) is 0 Å². The number of urea groups is 1. The van der Waals surface area contributed by atoms with E-state index in [4.69, 9.17) is 17.1 Å². The average molecular weight is 135 g/mol. The molecule has 0 saturated carbocycles. The SMILES string of the molecule is [N-]=[N+]=NC(=O)NCCl. The van der Waals surface area contributed by atoms with Crippen molar-refractivity contribution >= 4 is 17.6 Å². The lowest BCUT2D eigenvalue weighted by Crippen LogP contribution is -2.16. The molecule has 0 aliphatic heterocycles. The molecule has 0 spiro atoms. The van der Waals surface area contributed by atoms with E-state index in [1.165, 1.54) is 0 Å². The van der Waals surface area contributed by atoms with Crippen LogP contribution in [0.1, 0.15) is 0 Å². The molecule has 0 saturated heterocycles. The number of carbonyl (C=O) groups excluding carboxylic acids is 1. The van der Waals surface area contributed by atoms with Crippen LogP contribution in [0.25, 0.3) is 10.4 Å². The fraction of sp³-hybridized carbons (Fsp3) is 0.500. The van der Waals surface area contributed by atoms with Crippen molar-refractivity contribution in [3.8, 4) is 0 Å². The number of nitrogens with zero attached hydrogens (tertiary/aromatic N) is 3. The molecule has 1 N–H and O–H groups in total. The molecular weight excluding hydrogens is 132 g/mol. The molecule has 44 valence electrons. The maximum absolute atomic E-state index is 10.0. The summed E-state index contributed by atoms with van der Waals surface area (Å²) in [4.78, 5) is 12.2. The Kier molecular flexibility index (Phi) is 3.74. The van der Waals surface area contributed by atoms with E-state index in [0.29, 0.717) is 0 Å². The zero-order valence-corrected chi connectivity index (χ0v) is 4.59. The highest BCUT2D eigenvalue weighted by Crippen LogP contribution is 1.74. The molecule has 8 heavy (non-hydrogen) atoms. The Labute approximate surface area is 50.3 Å². The predicted octanol–water partition coefficient (Wildman–Crippen LogP) is 1.20. The summed E-state index contributed by atoms with van der Waals surface area (Å²) in [7, 11) is 0. The van der Waals surface area contributed by atoms with E-state index in [0.717, 1.165) is 0 Å². The molecule has 0 rings (SSSR count). The van der Waals surface area contributed by atoms with Crippen molar-refractivity contribution in [3.63, 3.8) is 0 Å². The summed E-state index contributed by atoms with van der Waals surface area (Å²) in [6.45, 7) is 0. The van der Waals surface area contributed by atoms with Gasteiger partial charge < -0.3 is 5.32 Å². The Balaban J connectivity index is 3.49. The molecule has 0 aromatic carbocycles. The Morgan fingerprint density at radius 2 is 2.62 bits per heavy atom. The Bertz CT molecular complexity index is 128. The van der Waals surface area contributed by atoms with Crippen LogP contribution >= 0.6 is 11.6 Å². The largest absolute Gasteiger partial charge is 0.337 e. The van der Waals surface area contributed by atoms with Crippen LogP contribution in [0.5, 0.6) is 0 Å². The van der Waals surface area contributed by atoms with Crippen molar-refractivity contribution in [2.45, 2.75) is 0 Å². The maximum Gasteiger partial charge on any atom is 0.309 e. The van der Waals surface area contributed by atoms with Crippen molar-refractivity contribution in [1.29, 1.82) is 0 Å². The topological polar surface area (TPSA) is 77.9 Å². The number of amides is 2. The molecule has 2 amide bonds. The van der Waals surface area contributed by atoms with Crippen molar-refractivity contribution in [2.75, 3.05) is 6.00 Å². The van der Waals surface area contributed by atoms with E-state index in [9.17, 15) is 4.79 Å². The summed E-state index contributed by atoms with van der Waals surface area (Å²) in [6.07, 6.45) is 0. The molecule has 0 radical (unpaired) electrons. The number of hydrogen-bond donors (Lipinski definition) is 1. The van der Waals surface area contributed by atoms with Crippen LogP contribution in [0.2, 0.25) is 0 Å². The Morgan fingerprint density at radius 1 is 2.00 bits per heavy atom. The van der Waals surface area contributed by atoms with E-state index in [-0.39, 0.29) is 6.00 Å². The summed E-state index contributed by atoms with van der Waals surface area (Å²) < 4.78 is 0. The third-order valence-corrected chi connectivity index (χ3v) is 0.487. The zero-order chi connectivity index (χ0) is 6.41. The Morgan fingerprint density at radius 3 is 3.00 bits per heavy atom. The normalized spacial score (nSPS) is 7.12. The van der Waals surface area contributed by atoms with Crippen LogP contribution in [0.4, 0.5) is 4.79 Å². The number of azide groups is 1. The standard InChI is InChI=1S/C2H3ClN4O/c3-1-5-2(8)6-7-4/h1H2,(H,5,8). The minimum atomic E-state index is -0.762. The van der Waals surface area contributed by atoms with Gasteiger partial charge in [0.05, 0.1) is 6.00 Å². The third-order valence-electron chi connectivity index (χ3n) is 0.354. The number of rotatable bonds is 1. The van der Waals surface area contributed by atoms with Gasteiger partial charge in [-0.15, -0.1) is 11.6 Å². The second kappa shape index (κ2) is 4.23. The van der Waals surface area contributed by atoms with Gasteiger partial charge >= 0.3 is 6.03 Å². The summed E-state index contributed by atoms with van der Waals surface area (Å²) >= 11 is 5.02. The lowest BCUT2D eigenvalue weighted by atomic mass is 11.0. The highest BCUT2D eigenvalue weighted by molar-refractivity contribution is 6.18. The van der Waals surface area contributed by atoms with Gasteiger partial charge in [-0.25, -0.2) is 0 Å². The van der Waals surface area contributed by atoms with Gasteiger partial charge in [0.25, 0.3) is 0 Å². The molecular formula is C2H3ClN4O. The summed E-state index contributed by atoms with van der Waals surface area (Å²) in [5, 5.41) is 4.71. The molecule has 0 bridgehead atoms. The van der Waals surface area contributed by atoms with E-state index in [1.807, 2.05) is 0 Å². The number of nitrogens with one attached hydrogen (secondary N) is 1. The Hall–Kier alpha value is -0.930. The molecule has 0 aromatic heterocycles. The van der Waals surface area contributed by atoms with Crippen molar-refractivity contribution in [1.82, 2.24) is 5.32 Å². The molecule has 5 nitrogen and oxygen atoms in total. The first kappa shape index (κ1) is 7.07. The highest BCUT2D eigenvalue weighted by Gasteiger charge is 1.88. The first-order valence-corrected chi connectivity index (χ1v) is 2.23. The van der Waals surface area contributed by atoms with E-state index >= 15 is 0 Å². The number of carbonyl (C=O) groups is 1. The molecule has 0 atom stereocenters. The van der Waals surface area contributed by atoms with Gasteiger partial charge in [0.1, 0.15) is 0 Å². The number of alkyl halides is 1. The van der Waals surface area contributed by atoms with E-state index in [2.05, 4.69) is 15.3 Å². The van der Waals surface area contributed by atoms with Gasteiger partial charge in [-0.05, 0) is 5.53 Å². The summed E-state index contributed by atoms with van der Waals surface area (Å²) in [6, 6.07) is -0.805. The van der Waals surface area contributed by atoms with E-state index in [1.54, 1.807) is 0 Å². The lowest BCUT2D eigenvalue weighted by Gasteiger charge is -1.87. The first-order chi connectivity index (χ1) is 3.81. The minimum Gasteiger partial charge on any atom is -0.337 e. The molecule has 6 heteroatoms. The molecule has 0 aliphatic carbocycles. The fourth-order valence-corrected chi connectivity index (χ4v) is 0.247. The second-order valence-electron chi connectivity index (χ2n) is 0.805. The van der Waals surface area contributed by atoms with Crippen LogP contribution in [-0.4, -0.2) is 12.0 Å². The van der Waals surface area contributed by atoms with Crippen molar-refractivity contribution < 1.29 is 4.79 Å². The van der Waals surface area contributed by atoms with E-state index < -0.39 is 6.03 Å². The monoisotopic (exact) mass is 134 g/mol. The highest BCUT2D eigenvalue weighted by atomic mass is 35.5. The third kappa shape index (κ3) is 3.27. The van der Waals surface area contributed by atoms with Crippen LogP contribution < -0.4 is 5.32 Å². The number of halogens is 1. The van der Waals surface area contributed by atoms with Gasteiger partial charge in [0.15, 0.2) is 0 Å². The summed E-state index contributed by atoms with van der Waals surface area (Å²) in [5.74, 6) is 0. The molecule has 0 fully saturated rings. The maximum atomic E-state index is 10.0. The van der Waals surface area contributed by atoms with Gasteiger partial charge in [-0.3, -0.25) is 4.79 Å². The summed E-state index contributed by atoms with van der Waals surface area (Å²) in [5.41, 5.74) is 7.62. The van der Waals surface area contributed by atoms with Crippen molar-refractivity contribution in [2.24, 2.45) is 5.11 Å². The number of hydrogen-bond acceptors (Lipinski definition) is 1. The first-order valence-electron chi connectivity index (χ1n) is 1.70. The van der Waals surface area contributed by atoms with Gasteiger partial charge in [-0.1, -0.05) is 0 Å². The van der Waals surface area contributed by atoms with Crippen LogP contribution in [-0.2, 0) is 0 Å². The molecule has 0 aliphatic rings. The molecule has 0 heterocycles. The van der Waals surface area contributed by atoms with Crippen molar-refractivity contribution in [3.05, 3.63) is 10.4 Å². The fourth-order valence-electron chi connectivity index (χ4n) is 0.133. The second-order valence-corrected chi connectivity index (χ2v) is 1.07. The molecule has 0 aromatic rings. The minimum absolute atomic E-state index is 0.0438. The average Bonchev–Trinajstić information content (AvgIpc) is 1.68. The van der Waals surface area contributed by atoms with Crippen LogP contribution in [0, 0.1) is 0 Å². The molecule has 0 unspecified atom stereocenters. The predicted molar refractivity (Wildman–Crippen MR) is 28.4 cm³/mol. The zero-order valence-electron chi connectivity index (χ0n) is 3.83.